The van der Waals surface area contributed by atoms with E-state index in [9.17, 15) is 14.7 Å². The highest BCUT2D eigenvalue weighted by molar-refractivity contribution is 6.30. The Bertz CT molecular complexity index is 957. The number of aromatic nitrogens is 4. The van der Waals surface area contributed by atoms with E-state index in [-0.39, 0.29) is 22.8 Å². The Morgan fingerprint density at radius 2 is 2.13 bits per heavy atom. The molecular weight excluding hydrogens is 320 g/mol. The van der Waals surface area contributed by atoms with E-state index < -0.39 is 11.5 Å². The van der Waals surface area contributed by atoms with E-state index in [1.165, 1.54) is 16.9 Å². The predicted octanol–water partition coefficient (Wildman–Crippen LogP) is 2.56. The first-order chi connectivity index (χ1) is 10.9. The number of pyridine rings is 1. The molecule has 0 atom stereocenters. The Hall–Kier alpha value is -2.67. The van der Waals surface area contributed by atoms with E-state index >= 15 is 0 Å². The maximum atomic E-state index is 12.4. The lowest BCUT2D eigenvalue weighted by atomic mass is 10.0. The van der Waals surface area contributed by atoms with Crippen molar-refractivity contribution < 1.29 is 9.90 Å². The molecule has 0 bridgehead atoms. The summed E-state index contributed by atoms with van der Waals surface area (Å²) < 4.78 is 1.29. The highest BCUT2D eigenvalue weighted by atomic mass is 35.5. The summed E-state index contributed by atoms with van der Waals surface area (Å²) >= 11 is 5.79. The lowest BCUT2D eigenvalue weighted by molar-refractivity contribution is 0.0695. The van der Waals surface area contributed by atoms with Crippen molar-refractivity contribution in [1.29, 1.82) is 0 Å². The molecule has 3 aromatic heterocycles. The van der Waals surface area contributed by atoms with Gasteiger partial charge in [-0.05, 0) is 18.1 Å². The number of halogens is 1. The highest BCUT2D eigenvalue weighted by Crippen LogP contribution is 2.25. The summed E-state index contributed by atoms with van der Waals surface area (Å²) in [6.45, 7) is 3.66. The molecule has 0 aliphatic heterocycles. The topological polar surface area (TPSA) is 100 Å². The van der Waals surface area contributed by atoms with E-state index in [2.05, 4.69) is 15.1 Å². The van der Waals surface area contributed by atoms with E-state index in [1.54, 1.807) is 12.1 Å². The minimum absolute atomic E-state index is 0.0687. The normalized spacial score (nSPS) is 11.3. The fourth-order valence-electron chi connectivity index (χ4n) is 2.50. The van der Waals surface area contributed by atoms with Crippen LogP contribution >= 0.6 is 11.6 Å². The molecule has 0 fully saturated rings. The van der Waals surface area contributed by atoms with Crippen molar-refractivity contribution in [3.8, 4) is 11.5 Å². The second-order valence-corrected chi connectivity index (χ2v) is 5.81. The van der Waals surface area contributed by atoms with Gasteiger partial charge in [-0.2, -0.15) is 0 Å². The van der Waals surface area contributed by atoms with Crippen molar-refractivity contribution in [3.63, 3.8) is 0 Å². The number of carboxylic acids is 1. The standard InChI is InChI=1S/C15H13ClN4O3/c1-7(2)11-9(15(22)23)6-20-12(11)14(21)18-13(19-20)10-4-3-8(16)5-17-10/h3-7H,1-2H3,(H,22,23)(H,18,19,21). The van der Waals surface area contributed by atoms with Crippen LogP contribution in [0.25, 0.3) is 17.0 Å². The van der Waals surface area contributed by atoms with Crippen LogP contribution in [0.1, 0.15) is 35.7 Å². The molecule has 0 saturated heterocycles. The van der Waals surface area contributed by atoms with Crippen molar-refractivity contribution in [1.82, 2.24) is 19.6 Å². The lowest BCUT2D eigenvalue weighted by Crippen LogP contribution is -2.15. The SMILES string of the molecule is CC(C)c1c(C(=O)O)cn2nc(-c3ccc(Cl)cn3)[nH]c(=O)c12. The van der Waals surface area contributed by atoms with Crippen molar-refractivity contribution in [3.05, 3.63) is 51.0 Å². The zero-order chi connectivity index (χ0) is 16.7. The van der Waals surface area contributed by atoms with Gasteiger partial charge in [0.15, 0.2) is 5.82 Å². The third-order valence-corrected chi connectivity index (χ3v) is 3.68. The average molecular weight is 333 g/mol. The summed E-state index contributed by atoms with van der Waals surface area (Å²) in [7, 11) is 0. The maximum Gasteiger partial charge on any atom is 0.337 e. The Morgan fingerprint density at radius 1 is 1.39 bits per heavy atom. The predicted molar refractivity (Wildman–Crippen MR) is 85.1 cm³/mol. The number of hydrogen-bond donors (Lipinski definition) is 2. The zero-order valence-corrected chi connectivity index (χ0v) is 13.1. The number of carbonyl (C=O) groups is 1. The van der Waals surface area contributed by atoms with Crippen molar-refractivity contribution in [2.75, 3.05) is 0 Å². The second kappa shape index (κ2) is 5.51. The molecule has 0 aromatic carbocycles. The van der Waals surface area contributed by atoms with Crippen LogP contribution in [-0.2, 0) is 0 Å². The van der Waals surface area contributed by atoms with Gasteiger partial charge in [-0.3, -0.25) is 9.78 Å². The number of rotatable bonds is 3. The quantitative estimate of drug-likeness (QED) is 0.767. The van der Waals surface area contributed by atoms with Crippen LogP contribution in [0.2, 0.25) is 5.02 Å². The number of nitrogens with one attached hydrogen (secondary N) is 1. The van der Waals surface area contributed by atoms with Gasteiger partial charge in [0.25, 0.3) is 5.56 Å². The number of carboxylic acid groups (broad SMARTS) is 1. The fourth-order valence-corrected chi connectivity index (χ4v) is 2.61. The maximum absolute atomic E-state index is 12.4. The van der Waals surface area contributed by atoms with E-state index in [0.717, 1.165) is 0 Å². The molecule has 0 spiro atoms. The van der Waals surface area contributed by atoms with E-state index in [0.29, 0.717) is 16.3 Å². The van der Waals surface area contributed by atoms with Crippen LogP contribution in [0.4, 0.5) is 0 Å². The summed E-state index contributed by atoms with van der Waals surface area (Å²) in [5, 5.41) is 14.1. The summed E-state index contributed by atoms with van der Waals surface area (Å²) in [5.74, 6) is -0.986. The molecule has 7 nitrogen and oxygen atoms in total. The van der Waals surface area contributed by atoms with Crippen LogP contribution in [0, 0.1) is 0 Å². The van der Waals surface area contributed by atoms with Gasteiger partial charge in [0.2, 0.25) is 0 Å². The number of fused-ring (bicyclic) bond motifs is 1. The van der Waals surface area contributed by atoms with Gasteiger partial charge in [-0.25, -0.2) is 9.31 Å². The van der Waals surface area contributed by atoms with Gasteiger partial charge in [0.05, 0.1) is 10.6 Å². The molecule has 2 N–H and O–H groups in total. The van der Waals surface area contributed by atoms with Crippen molar-refractivity contribution >= 4 is 23.1 Å². The molecule has 0 unspecified atom stereocenters. The molecular formula is C15H13ClN4O3. The van der Waals surface area contributed by atoms with Gasteiger partial charge < -0.3 is 10.1 Å². The Morgan fingerprint density at radius 3 is 2.70 bits per heavy atom. The Kier molecular flexibility index (Phi) is 3.65. The monoisotopic (exact) mass is 332 g/mol. The van der Waals surface area contributed by atoms with E-state index in [4.69, 9.17) is 11.6 Å². The number of nitrogens with zero attached hydrogens (tertiary/aromatic N) is 3. The molecule has 0 amide bonds. The molecule has 3 aromatic rings. The Labute approximate surface area is 135 Å². The van der Waals surface area contributed by atoms with Crippen LogP contribution in [0.3, 0.4) is 0 Å². The lowest BCUT2D eigenvalue weighted by Gasteiger charge is -2.05. The molecule has 0 aliphatic rings. The first-order valence-electron chi connectivity index (χ1n) is 6.89. The van der Waals surface area contributed by atoms with Crippen molar-refractivity contribution in [2.45, 2.75) is 19.8 Å². The van der Waals surface area contributed by atoms with E-state index in [1.807, 2.05) is 13.8 Å². The third kappa shape index (κ3) is 2.59. The molecule has 0 aliphatic carbocycles. The average Bonchev–Trinajstić information content (AvgIpc) is 2.88. The van der Waals surface area contributed by atoms with Crippen LogP contribution in [0.5, 0.6) is 0 Å². The second-order valence-electron chi connectivity index (χ2n) is 5.37. The minimum atomic E-state index is -1.09. The number of hydrogen-bond acceptors (Lipinski definition) is 4. The molecule has 3 heterocycles. The van der Waals surface area contributed by atoms with Gasteiger partial charge in [-0.15, -0.1) is 5.10 Å². The first-order valence-corrected chi connectivity index (χ1v) is 7.27. The fraction of sp³-hybridized carbons (Fsp3) is 0.200. The Balaban J connectivity index is 2.29. The molecule has 8 heteroatoms. The summed E-state index contributed by atoms with van der Waals surface area (Å²) in [4.78, 5) is 30.6. The highest BCUT2D eigenvalue weighted by Gasteiger charge is 2.22. The zero-order valence-electron chi connectivity index (χ0n) is 12.4. The molecule has 23 heavy (non-hydrogen) atoms. The molecule has 118 valence electrons. The van der Waals surface area contributed by atoms with Gasteiger partial charge >= 0.3 is 5.97 Å². The van der Waals surface area contributed by atoms with Gasteiger partial charge in [0.1, 0.15) is 11.2 Å². The van der Waals surface area contributed by atoms with Gasteiger partial charge in [-0.1, -0.05) is 25.4 Å². The minimum Gasteiger partial charge on any atom is -0.478 e. The van der Waals surface area contributed by atoms with Crippen LogP contribution < -0.4 is 5.56 Å². The number of aromatic amines is 1. The summed E-state index contributed by atoms with van der Waals surface area (Å²) in [6, 6.07) is 3.25. The molecule has 3 rings (SSSR count). The molecule has 0 saturated carbocycles. The largest absolute Gasteiger partial charge is 0.478 e. The van der Waals surface area contributed by atoms with Crippen LogP contribution in [-0.4, -0.2) is 30.7 Å². The van der Waals surface area contributed by atoms with Gasteiger partial charge in [0, 0.05) is 18.0 Å². The smallest absolute Gasteiger partial charge is 0.337 e. The number of aromatic carboxylic acids is 1. The molecule has 0 radical (unpaired) electrons. The number of H-pyrrole nitrogens is 1. The van der Waals surface area contributed by atoms with Crippen LogP contribution in [0.15, 0.2) is 29.3 Å². The third-order valence-electron chi connectivity index (χ3n) is 3.46. The summed E-state index contributed by atoms with van der Waals surface area (Å²) in [6.07, 6.45) is 2.79. The summed E-state index contributed by atoms with van der Waals surface area (Å²) in [5.41, 5.74) is 0.782. The van der Waals surface area contributed by atoms with Crippen molar-refractivity contribution in [2.24, 2.45) is 0 Å². The first kappa shape index (κ1) is 15.2.